The summed E-state index contributed by atoms with van der Waals surface area (Å²) in [6.45, 7) is 0. The lowest BCUT2D eigenvalue weighted by Crippen LogP contribution is -2.59. The number of hydrogen-bond donors (Lipinski definition) is 1. The Kier molecular flexibility index (Phi) is 5.28. The van der Waals surface area contributed by atoms with Gasteiger partial charge in [-0.25, -0.2) is 4.39 Å². The first kappa shape index (κ1) is 22.6. The van der Waals surface area contributed by atoms with Gasteiger partial charge in [0.25, 0.3) is 0 Å². The third kappa shape index (κ3) is 3.55. The maximum absolute atomic E-state index is 15.3. The SMILES string of the molecule is Cn1nc(C(F)(F)c2ccc(F)cc2)c(C2CCC2)c1NC(=O)C[C@H]1CC(F)(F)C1(F)F. The number of nitrogens with zero attached hydrogens (tertiary/aromatic N) is 2. The lowest BCUT2D eigenvalue weighted by atomic mass is 9.74. The van der Waals surface area contributed by atoms with E-state index in [2.05, 4.69) is 10.4 Å². The molecule has 2 aliphatic carbocycles. The molecule has 0 saturated heterocycles. The number of aromatic nitrogens is 2. The van der Waals surface area contributed by atoms with Crippen molar-refractivity contribution < 1.29 is 35.5 Å². The highest BCUT2D eigenvalue weighted by Gasteiger charge is 2.71. The fraction of sp³-hybridized carbons (Fsp3) is 0.524. The molecule has 0 aliphatic heterocycles. The minimum atomic E-state index is -4.30. The zero-order valence-electron chi connectivity index (χ0n) is 16.9. The Morgan fingerprint density at radius 1 is 1.19 bits per heavy atom. The van der Waals surface area contributed by atoms with Crippen LogP contribution in [0.4, 0.5) is 36.6 Å². The molecule has 11 heteroatoms. The zero-order chi connectivity index (χ0) is 23.5. The van der Waals surface area contributed by atoms with Crippen LogP contribution in [0.5, 0.6) is 0 Å². The number of carbonyl (C=O) groups is 1. The first-order valence-electron chi connectivity index (χ1n) is 10.1. The summed E-state index contributed by atoms with van der Waals surface area (Å²) in [4.78, 5) is 12.4. The second-order valence-electron chi connectivity index (χ2n) is 8.42. The third-order valence-corrected chi connectivity index (χ3v) is 6.29. The minimum Gasteiger partial charge on any atom is -0.311 e. The highest BCUT2D eigenvalue weighted by Crippen LogP contribution is 2.56. The molecule has 1 heterocycles. The summed E-state index contributed by atoms with van der Waals surface area (Å²) < 4.78 is 98.0. The number of hydrogen-bond acceptors (Lipinski definition) is 2. The fourth-order valence-corrected chi connectivity index (χ4v) is 4.15. The smallest absolute Gasteiger partial charge is 0.311 e. The van der Waals surface area contributed by atoms with Gasteiger partial charge in [0.15, 0.2) is 0 Å². The molecule has 32 heavy (non-hydrogen) atoms. The van der Waals surface area contributed by atoms with E-state index in [1.165, 1.54) is 7.05 Å². The minimum absolute atomic E-state index is 0.0760. The molecule has 2 saturated carbocycles. The second kappa shape index (κ2) is 7.48. The number of aryl methyl sites for hydroxylation is 1. The molecule has 0 unspecified atom stereocenters. The molecule has 1 N–H and O–H groups in total. The molecule has 1 aromatic carbocycles. The highest BCUT2D eigenvalue weighted by molar-refractivity contribution is 5.91. The van der Waals surface area contributed by atoms with Crippen LogP contribution in [0.15, 0.2) is 24.3 Å². The Balaban J connectivity index is 1.63. The van der Waals surface area contributed by atoms with E-state index in [4.69, 9.17) is 0 Å². The van der Waals surface area contributed by atoms with Gasteiger partial charge in [0.2, 0.25) is 5.91 Å². The maximum Gasteiger partial charge on any atom is 0.317 e. The summed E-state index contributed by atoms with van der Waals surface area (Å²) in [6.07, 6.45) is -0.0937. The molecule has 2 aliphatic rings. The predicted molar refractivity (Wildman–Crippen MR) is 100 cm³/mol. The van der Waals surface area contributed by atoms with E-state index in [1.54, 1.807) is 0 Å². The van der Waals surface area contributed by atoms with Crippen molar-refractivity contribution in [2.45, 2.75) is 55.8 Å². The Labute approximate surface area is 178 Å². The molecule has 2 fully saturated rings. The number of benzene rings is 1. The number of carbonyl (C=O) groups excluding carboxylic acids is 1. The maximum atomic E-state index is 15.3. The van der Waals surface area contributed by atoms with Gasteiger partial charge < -0.3 is 5.32 Å². The van der Waals surface area contributed by atoms with E-state index in [-0.39, 0.29) is 17.3 Å². The van der Waals surface area contributed by atoms with Crippen LogP contribution in [0.1, 0.15) is 54.8 Å². The predicted octanol–water partition coefficient (Wildman–Crippen LogP) is 5.59. The van der Waals surface area contributed by atoms with Gasteiger partial charge >= 0.3 is 17.8 Å². The molecule has 1 aromatic heterocycles. The van der Waals surface area contributed by atoms with Crippen LogP contribution < -0.4 is 5.32 Å². The first-order valence-corrected chi connectivity index (χ1v) is 10.1. The molecular weight excluding hydrogens is 443 g/mol. The van der Waals surface area contributed by atoms with Crippen LogP contribution in [0, 0.1) is 11.7 Å². The average molecular weight is 463 g/mol. The van der Waals surface area contributed by atoms with E-state index < -0.39 is 59.5 Å². The number of rotatable bonds is 6. The summed E-state index contributed by atoms with van der Waals surface area (Å²) in [5.41, 5.74) is -1.04. The van der Waals surface area contributed by atoms with Crippen LogP contribution in [-0.4, -0.2) is 27.5 Å². The summed E-state index contributed by atoms with van der Waals surface area (Å²) >= 11 is 0. The molecule has 1 atom stereocenters. The van der Waals surface area contributed by atoms with Crippen molar-refractivity contribution in [1.29, 1.82) is 0 Å². The van der Waals surface area contributed by atoms with E-state index >= 15 is 8.78 Å². The Morgan fingerprint density at radius 3 is 2.31 bits per heavy atom. The summed E-state index contributed by atoms with van der Waals surface area (Å²) in [5.74, 6) is -16.0. The number of alkyl halides is 6. The largest absolute Gasteiger partial charge is 0.317 e. The van der Waals surface area contributed by atoms with Gasteiger partial charge in [-0.2, -0.15) is 31.4 Å². The lowest BCUT2D eigenvalue weighted by Gasteiger charge is -2.43. The van der Waals surface area contributed by atoms with Crippen LogP contribution in [0.3, 0.4) is 0 Å². The molecule has 4 rings (SSSR count). The van der Waals surface area contributed by atoms with Crippen molar-refractivity contribution in [2.24, 2.45) is 13.0 Å². The van der Waals surface area contributed by atoms with Crippen molar-refractivity contribution in [3.63, 3.8) is 0 Å². The Hall–Kier alpha value is -2.59. The normalized spacial score (nSPS) is 22.2. The van der Waals surface area contributed by atoms with Crippen molar-refractivity contribution in [3.8, 4) is 0 Å². The van der Waals surface area contributed by atoms with Crippen molar-refractivity contribution >= 4 is 11.7 Å². The van der Waals surface area contributed by atoms with Gasteiger partial charge in [0.1, 0.15) is 17.3 Å². The Bertz CT molecular complexity index is 1030. The molecule has 2 aromatic rings. The van der Waals surface area contributed by atoms with Gasteiger partial charge in [-0.3, -0.25) is 9.48 Å². The summed E-state index contributed by atoms with van der Waals surface area (Å²) in [5, 5.41) is 6.23. The summed E-state index contributed by atoms with van der Waals surface area (Å²) in [7, 11) is 1.31. The Morgan fingerprint density at radius 2 is 1.81 bits per heavy atom. The standard InChI is InChI=1S/C21H20F7N3O/c1-31-18(29-15(32)9-13-10-19(23,24)21(13,27)28)16(11-3-2-4-11)17(30-31)20(25,26)12-5-7-14(22)8-6-12/h5-8,11,13H,2-4,9-10H2,1H3,(H,29,32)/t13-/m0/s1. The molecule has 0 bridgehead atoms. The number of amides is 1. The van der Waals surface area contributed by atoms with Crippen LogP contribution in [-0.2, 0) is 17.8 Å². The van der Waals surface area contributed by atoms with Gasteiger partial charge in [-0.1, -0.05) is 6.42 Å². The quantitative estimate of drug-likeness (QED) is 0.568. The second-order valence-corrected chi connectivity index (χ2v) is 8.42. The molecule has 4 nitrogen and oxygen atoms in total. The van der Waals surface area contributed by atoms with E-state index in [9.17, 15) is 26.7 Å². The van der Waals surface area contributed by atoms with Crippen LogP contribution >= 0.6 is 0 Å². The number of halogens is 7. The monoisotopic (exact) mass is 463 g/mol. The molecule has 174 valence electrons. The zero-order valence-corrected chi connectivity index (χ0v) is 16.9. The topological polar surface area (TPSA) is 46.9 Å². The lowest BCUT2D eigenvalue weighted by molar-refractivity contribution is -0.313. The molecule has 0 spiro atoms. The number of anilines is 1. The molecular formula is C21H20F7N3O. The van der Waals surface area contributed by atoms with Gasteiger partial charge in [0, 0.05) is 36.9 Å². The van der Waals surface area contributed by atoms with E-state index in [1.807, 2.05) is 0 Å². The fourth-order valence-electron chi connectivity index (χ4n) is 4.15. The molecule has 1 amide bonds. The van der Waals surface area contributed by atoms with Gasteiger partial charge in [0.05, 0.1) is 0 Å². The van der Waals surface area contributed by atoms with E-state index in [0.29, 0.717) is 12.8 Å². The first-order chi connectivity index (χ1) is 14.8. The van der Waals surface area contributed by atoms with Crippen LogP contribution in [0.25, 0.3) is 0 Å². The van der Waals surface area contributed by atoms with Crippen LogP contribution in [0.2, 0.25) is 0 Å². The highest BCUT2D eigenvalue weighted by atomic mass is 19.3. The third-order valence-electron chi connectivity index (χ3n) is 6.29. The summed E-state index contributed by atoms with van der Waals surface area (Å²) in [6, 6.07) is 3.66. The van der Waals surface area contributed by atoms with E-state index in [0.717, 1.165) is 35.4 Å². The van der Waals surface area contributed by atoms with Crippen molar-refractivity contribution in [3.05, 3.63) is 46.9 Å². The van der Waals surface area contributed by atoms with Gasteiger partial charge in [-0.05, 0) is 43.0 Å². The average Bonchev–Trinajstić information content (AvgIpc) is 2.97. The van der Waals surface area contributed by atoms with Gasteiger partial charge in [-0.15, -0.1) is 0 Å². The van der Waals surface area contributed by atoms with Crippen molar-refractivity contribution in [1.82, 2.24) is 9.78 Å². The molecule has 0 radical (unpaired) electrons. The number of nitrogens with one attached hydrogen (secondary N) is 1. The van der Waals surface area contributed by atoms with Crippen molar-refractivity contribution in [2.75, 3.05) is 5.32 Å².